The summed E-state index contributed by atoms with van der Waals surface area (Å²) in [5.74, 6) is 1.10. The lowest BCUT2D eigenvalue weighted by Gasteiger charge is -2.30. The quantitative estimate of drug-likeness (QED) is 0.527. The molecule has 3 aliphatic rings. The minimum Gasteiger partial charge on any atom is -0.504 e. The summed E-state index contributed by atoms with van der Waals surface area (Å²) in [6, 6.07) is 0. The maximum atomic E-state index is 12.7. The normalized spacial score (nSPS) is 25.2. The zero-order valence-electron chi connectivity index (χ0n) is 17.6. The molecular weight excluding hydrogens is 391 g/mol. The summed E-state index contributed by atoms with van der Waals surface area (Å²) in [5.41, 5.74) is 2.40. The molecule has 0 amide bonds. The van der Waals surface area contributed by atoms with Crippen LogP contribution in [0.25, 0.3) is 0 Å². The summed E-state index contributed by atoms with van der Waals surface area (Å²) in [7, 11) is 2.01. The van der Waals surface area contributed by atoms with Gasteiger partial charge in [-0.25, -0.2) is 0 Å². The predicted octanol–water partition coefficient (Wildman–Crippen LogP) is 6.85. The van der Waals surface area contributed by atoms with Crippen molar-refractivity contribution in [2.45, 2.75) is 64.1 Å². The summed E-state index contributed by atoms with van der Waals surface area (Å²) in [4.78, 5) is 2.11. The molecule has 2 atom stereocenters. The Balaban J connectivity index is 1.68. The predicted molar refractivity (Wildman–Crippen MR) is 112 cm³/mol. The van der Waals surface area contributed by atoms with Crippen LogP contribution in [0.5, 0.6) is 0 Å². The Hall–Kier alpha value is -2.37. The number of likely N-dealkylation sites (N-methyl/N-ethyl adjacent to an activating group) is 1. The third-order valence-electron chi connectivity index (χ3n) is 5.93. The van der Waals surface area contributed by atoms with E-state index in [9.17, 15) is 18.3 Å². The molecule has 3 nitrogen and oxygen atoms in total. The minimum atomic E-state index is -4.35. The zero-order chi connectivity index (χ0) is 21.9. The van der Waals surface area contributed by atoms with Gasteiger partial charge in [-0.15, -0.1) is 0 Å². The van der Waals surface area contributed by atoms with Crippen molar-refractivity contribution in [3.05, 3.63) is 71.0 Å². The number of nitrogens with zero attached hydrogens (tertiary/aromatic N) is 1. The van der Waals surface area contributed by atoms with Gasteiger partial charge in [0.15, 0.2) is 5.76 Å². The summed E-state index contributed by atoms with van der Waals surface area (Å²) < 4.78 is 44.1. The Morgan fingerprint density at radius 2 is 2.03 bits per heavy atom. The number of halogens is 3. The zero-order valence-corrected chi connectivity index (χ0v) is 17.6. The number of aliphatic hydroxyl groups is 1. The van der Waals surface area contributed by atoms with Crippen molar-refractivity contribution in [1.82, 2.24) is 4.90 Å². The lowest BCUT2D eigenvalue weighted by molar-refractivity contribution is -0.0889. The molecular formula is C24H30F3NO2. The summed E-state index contributed by atoms with van der Waals surface area (Å²) in [6.07, 6.45) is 8.13. The van der Waals surface area contributed by atoms with E-state index < -0.39 is 17.9 Å². The first-order chi connectivity index (χ1) is 14.1. The third-order valence-corrected chi connectivity index (χ3v) is 5.93. The SMILES string of the molecule is C=C(C1=CC(O)=C(OC2C=CC(C(F)(F)F)=CC2)CCC1)N(C)C1=CCCC(C)C1. The van der Waals surface area contributed by atoms with Crippen LogP contribution in [0.1, 0.15) is 51.9 Å². The largest absolute Gasteiger partial charge is 0.504 e. The number of aliphatic hydroxyl groups excluding tert-OH is 1. The molecule has 0 saturated carbocycles. The Kier molecular flexibility index (Phi) is 6.84. The molecule has 30 heavy (non-hydrogen) atoms. The van der Waals surface area contributed by atoms with Gasteiger partial charge >= 0.3 is 6.18 Å². The molecule has 6 heteroatoms. The molecule has 0 radical (unpaired) electrons. The number of hydrogen-bond donors (Lipinski definition) is 1. The van der Waals surface area contributed by atoms with Crippen LogP contribution in [0.15, 0.2) is 71.0 Å². The van der Waals surface area contributed by atoms with E-state index in [4.69, 9.17) is 4.74 Å². The van der Waals surface area contributed by atoms with E-state index in [1.54, 1.807) is 6.08 Å². The average molecular weight is 422 g/mol. The molecule has 3 aliphatic carbocycles. The first-order valence-corrected chi connectivity index (χ1v) is 10.5. The second-order valence-electron chi connectivity index (χ2n) is 8.33. The molecule has 2 unspecified atom stereocenters. The van der Waals surface area contributed by atoms with Gasteiger partial charge in [-0.2, -0.15) is 13.2 Å². The van der Waals surface area contributed by atoms with Crippen LogP contribution in [0.3, 0.4) is 0 Å². The van der Waals surface area contributed by atoms with Gasteiger partial charge in [-0.3, -0.25) is 0 Å². The van der Waals surface area contributed by atoms with Crippen molar-refractivity contribution in [2.75, 3.05) is 7.05 Å². The average Bonchev–Trinajstić information content (AvgIpc) is 2.88. The lowest BCUT2D eigenvalue weighted by atomic mass is 9.93. The van der Waals surface area contributed by atoms with Gasteiger partial charge in [0.1, 0.15) is 11.9 Å². The number of allylic oxidation sites excluding steroid dienone is 7. The van der Waals surface area contributed by atoms with E-state index in [1.807, 2.05) is 7.05 Å². The van der Waals surface area contributed by atoms with E-state index in [2.05, 4.69) is 24.5 Å². The Labute approximate surface area is 176 Å². The number of ether oxygens (including phenoxy) is 1. The minimum absolute atomic E-state index is 0.0297. The Morgan fingerprint density at radius 1 is 1.27 bits per heavy atom. The first-order valence-electron chi connectivity index (χ1n) is 10.5. The third kappa shape index (κ3) is 5.41. The van der Waals surface area contributed by atoms with Crippen molar-refractivity contribution < 1.29 is 23.0 Å². The van der Waals surface area contributed by atoms with Gasteiger partial charge in [0, 0.05) is 31.3 Å². The summed E-state index contributed by atoms with van der Waals surface area (Å²) in [5, 5.41) is 10.6. The van der Waals surface area contributed by atoms with Crippen LogP contribution in [0.2, 0.25) is 0 Å². The van der Waals surface area contributed by atoms with Gasteiger partial charge in [-0.1, -0.05) is 31.7 Å². The topological polar surface area (TPSA) is 32.7 Å². The monoisotopic (exact) mass is 421 g/mol. The fourth-order valence-corrected chi connectivity index (χ4v) is 4.05. The molecule has 1 N–H and O–H groups in total. The molecule has 164 valence electrons. The number of alkyl halides is 3. The smallest absolute Gasteiger partial charge is 0.416 e. The number of hydrogen-bond acceptors (Lipinski definition) is 3. The van der Waals surface area contributed by atoms with Gasteiger partial charge in [0.05, 0.1) is 5.57 Å². The van der Waals surface area contributed by atoms with Gasteiger partial charge in [-0.05, 0) is 55.7 Å². The second kappa shape index (κ2) is 9.19. The first kappa shape index (κ1) is 22.3. The fraction of sp³-hybridized carbons (Fsp3) is 0.500. The van der Waals surface area contributed by atoms with Crippen molar-refractivity contribution in [3.63, 3.8) is 0 Å². The van der Waals surface area contributed by atoms with Crippen molar-refractivity contribution in [1.29, 1.82) is 0 Å². The maximum absolute atomic E-state index is 12.7. The van der Waals surface area contributed by atoms with Gasteiger partial charge in [0.2, 0.25) is 0 Å². The van der Waals surface area contributed by atoms with Gasteiger partial charge < -0.3 is 14.7 Å². The molecule has 0 aromatic rings. The lowest BCUT2D eigenvalue weighted by Crippen LogP contribution is -2.21. The highest BCUT2D eigenvalue weighted by atomic mass is 19.4. The van der Waals surface area contributed by atoms with E-state index in [0.29, 0.717) is 18.1 Å². The molecule has 0 heterocycles. The van der Waals surface area contributed by atoms with Crippen LogP contribution in [-0.2, 0) is 4.74 Å². The van der Waals surface area contributed by atoms with Crippen LogP contribution in [0, 0.1) is 5.92 Å². The highest BCUT2D eigenvalue weighted by Crippen LogP contribution is 2.34. The molecule has 0 bridgehead atoms. The fourth-order valence-electron chi connectivity index (χ4n) is 4.05. The van der Waals surface area contributed by atoms with E-state index >= 15 is 0 Å². The Morgan fingerprint density at radius 3 is 2.67 bits per heavy atom. The van der Waals surface area contributed by atoms with Crippen LogP contribution in [0.4, 0.5) is 13.2 Å². The van der Waals surface area contributed by atoms with Crippen LogP contribution < -0.4 is 0 Å². The molecule has 0 saturated heterocycles. The molecule has 0 spiro atoms. The van der Waals surface area contributed by atoms with Crippen molar-refractivity contribution >= 4 is 0 Å². The molecule has 0 aromatic heterocycles. The molecule has 0 aliphatic heterocycles. The van der Waals surface area contributed by atoms with E-state index in [-0.39, 0.29) is 12.2 Å². The molecule has 0 aromatic carbocycles. The van der Waals surface area contributed by atoms with Crippen molar-refractivity contribution in [3.8, 4) is 0 Å². The van der Waals surface area contributed by atoms with E-state index in [0.717, 1.165) is 49.1 Å². The van der Waals surface area contributed by atoms with Crippen molar-refractivity contribution in [2.24, 2.45) is 5.92 Å². The number of rotatable bonds is 5. The highest BCUT2D eigenvalue weighted by Gasteiger charge is 2.33. The van der Waals surface area contributed by atoms with Gasteiger partial charge in [0.25, 0.3) is 0 Å². The molecule has 0 fully saturated rings. The summed E-state index contributed by atoms with van der Waals surface area (Å²) in [6.45, 7) is 6.49. The second-order valence-corrected chi connectivity index (χ2v) is 8.33. The van der Waals surface area contributed by atoms with Crippen LogP contribution >= 0.6 is 0 Å². The summed E-state index contributed by atoms with van der Waals surface area (Å²) >= 11 is 0. The van der Waals surface area contributed by atoms with E-state index in [1.165, 1.54) is 18.2 Å². The highest BCUT2D eigenvalue weighted by molar-refractivity contribution is 5.37. The van der Waals surface area contributed by atoms with Crippen LogP contribution in [-0.4, -0.2) is 29.3 Å². The maximum Gasteiger partial charge on any atom is 0.416 e. The Bertz CT molecular complexity index is 830. The standard InChI is InChI=1S/C24H30F3NO2/c1-16-6-4-8-20(14-16)28(3)17(2)18-7-5-9-23(22(29)15-18)30-21-12-10-19(11-13-21)24(25,26)27/h8,10-12,15-16,21,29H,2,4-7,9,13-14H2,1,3H3. The molecule has 3 rings (SSSR count).